The summed E-state index contributed by atoms with van der Waals surface area (Å²) in [7, 11) is 0. The topological polar surface area (TPSA) is 12.4 Å². The summed E-state index contributed by atoms with van der Waals surface area (Å²) in [6, 6.07) is -1.57. The van der Waals surface area contributed by atoms with E-state index in [0.29, 0.717) is 0 Å². The minimum Gasteiger partial charge on any atom is -0.285 e. The third-order valence-electron chi connectivity index (χ3n) is 0.846. The van der Waals surface area contributed by atoms with Crippen LogP contribution in [-0.2, 0) is 0 Å². The van der Waals surface area contributed by atoms with Crippen molar-refractivity contribution in [3.63, 3.8) is 0 Å². The van der Waals surface area contributed by atoms with Gasteiger partial charge in [0.05, 0.1) is 0 Å². The van der Waals surface area contributed by atoms with Gasteiger partial charge in [-0.05, 0) is 20.1 Å². The minimum absolute atomic E-state index is 1.01. The van der Waals surface area contributed by atoms with Crippen LogP contribution in [0.2, 0.25) is 0 Å². The van der Waals surface area contributed by atoms with Crippen molar-refractivity contribution in [2.24, 2.45) is 4.99 Å². The molecule has 0 aliphatic rings. The molecule has 9 heavy (non-hydrogen) atoms. The van der Waals surface area contributed by atoms with E-state index in [4.69, 9.17) is 0 Å². The van der Waals surface area contributed by atoms with Crippen LogP contribution in [0, 0.1) is 0 Å². The number of hydrogen-bond donors (Lipinski definition) is 0. The van der Waals surface area contributed by atoms with Gasteiger partial charge in [-0.3, -0.25) is 4.99 Å². The van der Waals surface area contributed by atoms with E-state index in [9.17, 15) is 13.2 Å². The molecular formula is C5H8F3N. The summed E-state index contributed by atoms with van der Waals surface area (Å²) in [4.78, 5) is 3.15. The number of alkyl halides is 3. The zero-order valence-electron chi connectivity index (χ0n) is 5.24. The van der Waals surface area contributed by atoms with Gasteiger partial charge >= 0.3 is 6.18 Å². The second kappa shape index (κ2) is 2.85. The summed E-state index contributed by atoms with van der Waals surface area (Å²) in [6.45, 7) is 2.47. The van der Waals surface area contributed by atoms with Crippen LogP contribution < -0.4 is 0 Å². The van der Waals surface area contributed by atoms with Gasteiger partial charge in [-0.1, -0.05) is 0 Å². The summed E-state index contributed by atoms with van der Waals surface area (Å²) < 4.78 is 34.6. The van der Waals surface area contributed by atoms with Gasteiger partial charge in [0.2, 0.25) is 0 Å². The Morgan fingerprint density at radius 2 is 1.89 bits per heavy atom. The van der Waals surface area contributed by atoms with Crippen LogP contribution >= 0.6 is 0 Å². The number of hydrogen-bond acceptors (Lipinski definition) is 1. The Hall–Kier alpha value is -0.540. The smallest absolute Gasteiger partial charge is 0.285 e. The standard InChI is InChI=1S/C5H8F3N/c1-3-9-4(2)5(6,7)8/h3-4H,1-2H3/b9-3-. The zero-order valence-corrected chi connectivity index (χ0v) is 5.24. The molecule has 0 aliphatic heterocycles. The van der Waals surface area contributed by atoms with Crippen LogP contribution in [0.3, 0.4) is 0 Å². The molecule has 0 N–H and O–H groups in total. The fourth-order valence-corrected chi connectivity index (χ4v) is 0.308. The van der Waals surface area contributed by atoms with Crippen molar-refractivity contribution in [3.8, 4) is 0 Å². The number of rotatable bonds is 1. The molecular weight excluding hydrogens is 131 g/mol. The van der Waals surface area contributed by atoms with Crippen LogP contribution in [-0.4, -0.2) is 18.4 Å². The lowest BCUT2D eigenvalue weighted by atomic mass is 10.3. The Morgan fingerprint density at radius 3 is 2.00 bits per heavy atom. The van der Waals surface area contributed by atoms with Crippen molar-refractivity contribution in [3.05, 3.63) is 0 Å². The van der Waals surface area contributed by atoms with Crippen molar-refractivity contribution in [2.45, 2.75) is 26.1 Å². The molecule has 0 aliphatic carbocycles. The average Bonchev–Trinajstić information content (AvgIpc) is 1.64. The van der Waals surface area contributed by atoms with E-state index < -0.39 is 12.2 Å². The Kier molecular flexibility index (Phi) is 2.67. The van der Waals surface area contributed by atoms with Gasteiger partial charge in [0.1, 0.15) is 6.04 Å². The van der Waals surface area contributed by atoms with Crippen LogP contribution in [0.25, 0.3) is 0 Å². The molecule has 0 aromatic heterocycles. The summed E-state index contributed by atoms with van der Waals surface area (Å²) in [5.41, 5.74) is 0. The van der Waals surface area contributed by atoms with Crippen molar-refractivity contribution in [1.29, 1.82) is 0 Å². The van der Waals surface area contributed by atoms with Crippen molar-refractivity contribution >= 4 is 6.21 Å². The molecule has 1 unspecified atom stereocenters. The van der Waals surface area contributed by atoms with Crippen LogP contribution in [0.1, 0.15) is 13.8 Å². The maximum Gasteiger partial charge on any atom is 0.410 e. The summed E-state index contributed by atoms with van der Waals surface area (Å²) in [5.74, 6) is 0. The molecule has 0 radical (unpaired) electrons. The number of halogens is 3. The highest BCUT2D eigenvalue weighted by molar-refractivity contribution is 5.53. The normalized spacial score (nSPS) is 16.6. The fraction of sp³-hybridized carbons (Fsp3) is 0.800. The van der Waals surface area contributed by atoms with Gasteiger partial charge in [-0.2, -0.15) is 13.2 Å². The van der Waals surface area contributed by atoms with Gasteiger partial charge in [0.15, 0.2) is 0 Å². The fourth-order valence-electron chi connectivity index (χ4n) is 0.308. The molecule has 0 aromatic rings. The van der Waals surface area contributed by atoms with E-state index in [-0.39, 0.29) is 0 Å². The Bertz CT molecular complexity index is 105. The van der Waals surface area contributed by atoms with Crippen molar-refractivity contribution < 1.29 is 13.2 Å². The highest BCUT2D eigenvalue weighted by Crippen LogP contribution is 2.21. The summed E-state index contributed by atoms with van der Waals surface area (Å²) in [6.07, 6.45) is -3.04. The molecule has 0 fully saturated rings. The second-order valence-corrected chi connectivity index (χ2v) is 1.62. The van der Waals surface area contributed by atoms with Gasteiger partial charge in [0.25, 0.3) is 0 Å². The molecule has 0 saturated heterocycles. The molecule has 0 saturated carbocycles. The van der Waals surface area contributed by atoms with E-state index >= 15 is 0 Å². The molecule has 4 heteroatoms. The SMILES string of the molecule is C/C=N\C(C)C(F)(F)F. The minimum atomic E-state index is -4.19. The van der Waals surface area contributed by atoms with Crippen LogP contribution in [0.15, 0.2) is 4.99 Å². The highest BCUT2D eigenvalue weighted by atomic mass is 19.4. The quantitative estimate of drug-likeness (QED) is 0.493. The van der Waals surface area contributed by atoms with E-state index in [1.54, 1.807) is 0 Å². The van der Waals surface area contributed by atoms with Gasteiger partial charge in [-0.25, -0.2) is 0 Å². The first-order valence-electron chi connectivity index (χ1n) is 2.53. The molecule has 0 heterocycles. The predicted octanol–water partition coefficient (Wildman–Crippen LogP) is 2.03. The van der Waals surface area contributed by atoms with Gasteiger partial charge in [-0.15, -0.1) is 0 Å². The Labute approximate surface area is 51.6 Å². The van der Waals surface area contributed by atoms with E-state index in [0.717, 1.165) is 13.1 Å². The molecule has 1 atom stereocenters. The maximum atomic E-state index is 11.5. The molecule has 1 nitrogen and oxygen atoms in total. The maximum absolute atomic E-state index is 11.5. The molecule has 0 aromatic carbocycles. The first-order valence-corrected chi connectivity index (χ1v) is 2.53. The first-order chi connectivity index (χ1) is 3.98. The molecule has 0 spiro atoms. The Morgan fingerprint density at radius 1 is 1.44 bits per heavy atom. The van der Waals surface area contributed by atoms with Gasteiger partial charge in [0, 0.05) is 0 Å². The van der Waals surface area contributed by atoms with Crippen molar-refractivity contribution in [2.75, 3.05) is 0 Å². The lowest BCUT2D eigenvalue weighted by molar-refractivity contribution is -0.142. The van der Waals surface area contributed by atoms with Crippen LogP contribution in [0.4, 0.5) is 13.2 Å². The lowest BCUT2D eigenvalue weighted by Gasteiger charge is -2.09. The second-order valence-electron chi connectivity index (χ2n) is 1.62. The third kappa shape index (κ3) is 3.11. The lowest BCUT2D eigenvalue weighted by Crippen LogP contribution is -2.23. The summed E-state index contributed by atoms with van der Waals surface area (Å²) in [5, 5.41) is 0. The van der Waals surface area contributed by atoms with E-state index in [2.05, 4.69) is 4.99 Å². The van der Waals surface area contributed by atoms with E-state index in [1.807, 2.05) is 0 Å². The highest BCUT2D eigenvalue weighted by Gasteiger charge is 2.35. The van der Waals surface area contributed by atoms with Crippen LogP contribution in [0.5, 0.6) is 0 Å². The number of nitrogens with zero attached hydrogens (tertiary/aromatic N) is 1. The average molecular weight is 139 g/mol. The molecule has 0 bridgehead atoms. The number of aliphatic imine (C=N–C) groups is 1. The largest absolute Gasteiger partial charge is 0.410 e. The summed E-state index contributed by atoms with van der Waals surface area (Å²) >= 11 is 0. The van der Waals surface area contributed by atoms with E-state index in [1.165, 1.54) is 6.92 Å². The molecule has 0 amide bonds. The molecule has 54 valence electrons. The zero-order chi connectivity index (χ0) is 7.49. The monoisotopic (exact) mass is 139 g/mol. The first kappa shape index (κ1) is 8.46. The van der Waals surface area contributed by atoms with Gasteiger partial charge < -0.3 is 0 Å². The van der Waals surface area contributed by atoms with Crippen molar-refractivity contribution in [1.82, 2.24) is 0 Å². The Balaban J connectivity index is 3.88. The molecule has 0 rings (SSSR count). The third-order valence-corrected chi connectivity index (χ3v) is 0.846. The predicted molar refractivity (Wildman–Crippen MR) is 29.7 cm³/mol.